The fourth-order valence-electron chi connectivity index (χ4n) is 10.3. The van der Waals surface area contributed by atoms with Gasteiger partial charge < -0.3 is 4.57 Å². The Bertz CT molecular complexity index is 3780. The number of benzene rings is 9. The number of thiophene rings is 1. The summed E-state index contributed by atoms with van der Waals surface area (Å²) in [6.45, 7) is 0. The molecule has 0 atom stereocenters. The molecule has 286 valence electrons. The van der Waals surface area contributed by atoms with Crippen molar-refractivity contribution in [3.63, 3.8) is 0 Å². The second kappa shape index (κ2) is 13.2. The fraction of sp³-hybridized carbons (Fsp3) is 0. The van der Waals surface area contributed by atoms with E-state index >= 15 is 0 Å². The van der Waals surface area contributed by atoms with Crippen molar-refractivity contribution in [1.82, 2.24) is 18.5 Å². The van der Waals surface area contributed by atoms with E-state index in [4.69, 9.17) is 4.98 Å². The van der Waals surface area contributed by atoms with Crippen molar-refractivity contribution >= 4 is 110 Å². The Morgan fingerprint density at radius 2 is 0.984 bits per heavy atom. The minimum absolute atomic E-state index is 0.893. The molecule has 0 spiro atoms. The second-order valence-electron chi connectivity index (χ2n) is 15.9. The Labute approximate surface area is 356 Å². The molecule has 4 heterocycles. The highest BCUT2D eigenvalue weighted by atomic mass is 32.1. The molecule has 0 unspecified atom stereocenters. The van der Waals surface area contributed by atoms with Gasteiger partial charge in [0.05, 0.1) is 27.6 Å². The highest BCUT2D eigenvalue weighted by molar-refractivity contribution is 7.30. The van der Waals surface area contributed by atoms with Crippen LogP contribution in [0.1, 0.15) is 0 Å². The molecule has 0 N–H and O–H groups in total. The van der Waals surface area contributed by atoms with Crippen LogP contribution in [0.25, 0.3) is 81.2 Å². The van der Waals surface area contributed by atoms with Gasteiger partial charge in [-0.15, -0.1) is 11.3 Å². The quantitative estimate of drug-likeness (QED) is 0.121. The zero-order chi connectivity index (χ0) is 40.1. The third kappa shape index (κ3) is 4.83. The van der Waals surface area contributed by atoms with E-state index in [1.54, 1.807) is 0 Å². The normalized spacial score (nSPS) is 12.3. The maximum Gasteiger partial charge on any atom is 0.220 e. The molecule has 6 heteroatoms. The smallest absolute Gasteiger partial charge is 0.220 e. The van der Waals surface area contributed by atoms with Crippen LogP contribution in [0.5, 0.6) is 0 Å². The number of aromatic nitrogens is 4. The summed E-state index contributed by atoms with van der Waals surface area (Å²) in [6, 6.07) is 80.5. The maximum atomic E-state index is 5.69. The number of imidazole rings is 2. The maximum absolute atomic E-state index is 5.69. The average Bonchev–Trinajstić information content (AvgIpc) is 4.08. The van der Waals surface area contributed by atoms with Gasteiger partial charge in [-0.05, 0) is 81.4 Å². The molecule has 0 radical (unpaired) electrons. The van der Waals surface area contributed by atoms with E-state index in [0.29, 0.717) is 0 Å². The first-order chi connectivity index (χ1) is 30.3. The van der Waals surface area contributed by atoms with Crippen molar-refractivity contribution in [2.45, 2.75) is 0 Å². The largest absolute Gasteiger partial charge is 0.307 e. The van der Waals surface area contributed by atoms with Gasteiger partial charge in [-0.2, -0.15) is 0 Å². The van der Waals surface area contributed by atoms with E-state index in [0.717, 1.165) is 44.7 Å². The minimum Gasteiger partial charge on any atom is -0.307 e. The first-order valence-corrected chi connectivity index (χ1v) is 23.6. The van der Waals surface area contributed by atoms with Crippen LogP contribution in [-0.4, -0.2) is 26.6 Å². The number of rotatable bonds is 6. The van der Waals surface area contributed by atoms with Crippen LogP contribution in [-0.2, 0) is 0 Å². The molecule has 4 aromatic heterocycles. The van der Waals surface area contributed by atoms with Crippen LogP contribution in [0.2, 0.25) is 0 Å². The van der Waals surface area contributed by atoms with Crippen LogP contribution in [0, 0.1) is 0 Å². The fourth-order valence-corrected chi connectivity index (χ4v) is 16.9. The summed E-state index contributed by atoms with van der Waals surface area (Å²) < 4.78 is 9.81. The van der Waals surface area contributed by atoms with E-state index in [2.05, 4.69) is 232 Å². The SMILES string of the molecule is c1ccc(-n2c3ccccc3c3ccc4c(nc5n(-c6cccc([Si](c7ccccc7)(c7ccccc7)c7cccc8c7sc7ccccc78)c6)c6ccccc6n45)c32)cc1. The first kappa shape index (κ1) is 34.4. The van der Waals surface area contributed by atoms with Crippen LogP contribution in [0.3, 0.4) is 0 Å². The van der Waals surface area contributed by atoms with Crippen molar-refractivity contribution in [2.24, 2.45) is 0 Å². The van der Waals surface area contributed by atoms with Crippen LogP contribution in [0.4, 0.5) is 0 Å². The molecular weight excluding hydrogens is 777 g/mol. The van der Waals surface area contributed by atoms with Gasteiger partial charge in [0.15, 0.2) is 8.07 Å². The van der Waals surface area contributed by atoms with E-state index < -0.39 is 8.07 Å². The molecule has 9 aromatic carbocycles. The Hall–Kier alpha value is -7.51. The van der Waals surface area contributed by atoms with Crippen LogP contribution < -0.4 is 20.7 Å². The lowest BCUT2D eigenvalue weighted by atomic mass is 10.1. The van der Waals surface area contributed by atoms with Gasteiger partial charge in [0, 0.05) is 42.3 Å². The Kier molecular flexibility index (Phi) is 7.46. The van der Waals surface area contributed by atoms with Gasteiger partial charge in [-0.25, -0.2) is 4.98 Å². The molecule has 0 fully saturated rings. The number of fused-ring (bicyclic) bond motifs is 12. The molecule has 0 saturated heterocycles. The molecule has 0 aliphatic rings. The van der Waals surface area contributed by atoms with Gasteiger partial charge in [0.25, 0.3) is 0 Å². The van der Waals surface area contributed by atoms with E-state index in [1.165, 1.54) is 57.2 Å². The number of para-hydroxylation sites is 4. The predicted molar refractivity (Wildman–Crippen MR) is 260 cm³/mol. The number of hydrogen-bond donors (Lipinski definition) is 0. The molecule has 4 nitrogen and oxygen atoms in total. The van der Waals surface area contributed by atoms with Crippen LogP contribution in [0.15, 0.2) is 218 Å². The predicted octanol–water partition coefficient (Wildman–Crippen LogP) is 11.3. The zero-order valence-electron chi connectivity index (χ0n) is 33.0. The summed E-state index contributed by atoms with van der Waals surface area (Å²) in [5.41, 5.74) is 8.81. The summed E-state index contributed by atoms with van der Waals surface area (Å²) >= 11 is 1.92. The lowest BCUT2D eigenvalue weighted by molar-refractivity contribution is 1.11. The van der Waals surface area contributed by atoms with Crippen molar-refractivity contribution in [3.8, 4) is 11.4 Å². The van der Waals surface area contributed by atoms with Crippen molar-refractivity contribution < 1.29 is 0 Å². The molecule has 13 rings (SSSR count). The Morgan fingerprint density at radius 3 is 1.75 bits per heavy atom. The van der Waals surface area contributed by atoms with Crippen molar-refractivity contribution in [2.75, 3.05) is 0 Å². The summed E-state index contributed by atoms with van der Waals surface area (Å²) in [5, 5.41) is 10.5. The van der Waals surface area contributed by atoms with Crippen molar-refractivity contribution in [3.05, 3.63) is 218 Å². The highest BCUT2D eigenvalue weighted by Gasteiger charge is 2.43. The number of nitrogens with zero attached hydrogens (tertiary/aromatic N) is 4. The summed E-state index contributed by atoms with van der Waals surface area (Å²) in [4.78, 5) is 5.69. The minimum atomic E-state index is -2.97. The lowest BCUT2D eigenvalue weighted by Crippen LogP contribution is -2.74. The molecular formula is C55H36N4SSi. The average molecular weight is 813 g/mol. The molecule has 61 heavy (non-hydrogen) atoms. The second-order valence-corrected chi connectivity index (χ2v) is 20.7. The van der Waals surface area contributed by atoms with Crippen molar-refractivity contribution in [1.29, 1.82) is 0 Å². The summed E-state index contributed by atoms with van der Waals surface area (Å²) in [6.07, 6.45) is 0. The Morgan fingerprint density at radius 1 is 0.393 bits per heavy atom. The Balaban J connectivity index is 1.14. The summed E-state index contributed by atoms with van der Waals surface area (Å²) in [5.74, 6) is 0.893. The third-order valence-corrected chi connectivity index (χ3v) is 19.0. The van der Waals surface area contributed by atoms with Crippen LogP contribution >= 0.6 is 11.3 Å². The third-order valence-electron chi connectivity index (χ3n) is 12.8. The first-order valence-electron chi connectivity index (χ1n) is 20.8. The monoisotopic (exact) mass is 812 g/mol. The molecule has 0 bridgehead atoms. The van der Waals surface area contributed by atoms with Gasteiger partial charge in [0.1, 0.15) is 5.52 Å². The van der Waals surface area contributed by atoms with E-state index in [-0.39, 0.29) is 0 Å². The molecule has 0 aliphatic heterocycles. The number of hydrogen-bond acceptors (Lipinski definition) is 2. The molecule has 0 saturated carbocycles. The zero-order valence-corrected chi connectivity index (χ0v) is 34.8. The van der Waals surface area contributed by atoms with E-state index in [1.807, 2.05) is 11.3 Å². The molecule has 0 aliphatic carbocycles. The van der Waals surface area contributed by atoms with Gasteiger partial charge in [-0.3, -0.25) is 8.97 Å². The van der Waals surface area contributed by atoms with Gasteiger partial charge >= 0.3 is 0 Å². The van der Waals surface area contributed by atoms with Gasteiger partial charge in [-0.1, -0.05) is 158 Å². The summed E-state index contributed by atoms with van der Waals surface area (Å²) in [7, 11) is -2.97. The van der Waals surface area contributed by atoms with E-state index in [9.17, 15) is 0 Å². The topological polar surface area (TPSA) is 27.2 Å². The molecule has 13 aromatic rings. The van der Waals surface area contributed by atoms with Gasteiger partial charge in [0.2, 0.25) is 5.78 Å². The molecule has 0 amide bonds. The lowest BCUT2D eigenvalue weighted by Gasteiger charge is -2.35. The highest BCUT2D eigenvalue weighted by Crippen LogP contribution is 2.39. The standard InChI is InChI=1S/C55H36N4SSi/c1-4-18-37(19-5-1)57-46-29-12-10-26-42(46)44-34-35-49-52(53(44)57)56-55-58(47-30-13-14-31-48(47)59(49)55)38-20-16-25-41(36-38)61(39-21-6-2-7-22-39,40-23-8-3-9-24-40)51-33-17-28-45-43-27-11-15-32-50(43)60-54(45)51/h1-36H.